The molecule has 10 nitrogen and oxygen atoms in total. The molecule has 1 fully saturated rings. The summed E-state index contributed by atoms with van der Waals surface area (Å²) in [6.07, 6.45) is 3.55. The van der Waals surface area contributed by atoms with Crippen LogP contribution in [0.25, 0.3) is 22.7 Å². The highest BCUT2D eigenvalue weighted by molar-refractivity contribution is 5.74. The highest BCUT2D eigenvalue weighted by atomic mass is 16.5. The number of imidazole rings is 1. The molecule has 0 radical (unpaired) electrons. The maximum Gasteiger partial charge on any atom is 0.330 e. The van der Waals surface area contributed by atoms with Crippen molar-refractivity contribution in [2.24, 2.45) is 5.92 Å². The summed E-state index contributed by atoms with van der Waals surface area (Å²) in [6.45, 7) is 4.68. The number of aryl methyl sites for hydroxylation is 1. The van der Waals surface area contributed by atoms with Crippen LogP contribution in [-0.4, -0.2) is 47.7 Å². The molecule has 0 saturated carbocycles. The van der Waals surface area contributed by atoms with E-state index in [1.165, 1.54) is 4.57 Å². The van der Waals surface area contributed by atoms with Crippen LogP contribution in [0.4, 0.5) is 0 Å². The number of nitrogens with zero attached hydrogens (tertiary/aromatic N) is 5. The lowest BCUT2D eigenvalue weighted by Crippen LogP contribution is -2.30. The highest BCUT2D eigenvalue weighted by Gasteiger charge is 2.19. The number of aromatic amines is 2. The third kappa shape index (κ3) is 2.88. The lowest BCUT2D eigenvalue weighted by atomic mass is 10.1. The van der Waals surface area contributed by atoms with Crippen molar-refractivity contribution in [1.82, 2.24) is 34.5 Å². The van der Waals surface area contributed by atoms with Gasteiger partial charge in [-0.2, -0.15) is 0 Å². The molecule has 3 aromatic rings. The van der Waals surface area contributed by atoms with E-state index < -0.39 is 11.2 Å². The molecule has 0 aliphatic carbocycles. The van der Waals surface area contributed by atoms with Gasteiger partial charge in [-0.05, 0) is 12.8 Å². The lowest BCUT2D eigenvalue weighted by molar-refractivity contribution is 0.181. The number of nitrogens with one attached hydrogen (secondary N) is 2. The van der Waals surface area contributed by atoms with E-state index in [1.807, 2.05) is 6.92 Å². The second-order valence-corrected chi connectivity index (χ2v) is 6.25. The van der Waals surface area contributed by atoms with Crippen molar-refractivity contribution in [3.63, 3.8) is 0 Å². The minimum absolute atomic E-state index is 0.266. The van der Waals surface area contributed by atoms with Gasteiger partial charge in [-0.25, -0.2) is 9.78 Å². The van der Waals surface area contributed by atoms with Gasteiger partial charge in [0.15, 0.2) is 11.5 Å². The Morgan fingerprint density at radius 3 is 3.00 bits per heavy atom. The first-order valence-corrected chi connectivity index (χ1v) is 8.36. The minimum atomic E-state index is -0.485. The van der Waals surface area contributed by atoms with Gasteiger partial charge in [0.05, 0.1) is 12.8 Å². The SMILES string of the molecule is CCCn1c(=O)[nH]c(=O)c2[nH]c(-c3cn(CC4CCOC4)nn3)nc21. The van der Waals surface area contributed by atoms with Crippen LogP contribution in [0.15, 0.2) is 15.8 Å². The molecule has 25 heavy (non-hydrogen) atoms. The molecule has 4 rings (SSSR count). The molecule has 1 atom stereocenters. The van der Waals surface area contributed by atoms with Crippen LogP contribution in [0.1, 0.15) is 19.8 Å². The number of hydrogen-bond donors (Lipinski definition) is 2. The summed E-state index contributed by atoms with van der Waals surface area (Å²) in [7, 11) is 0. The second-order valence-electron chi connectivity index (χ2n) is 6.25. The van der Waals surface area contributed by atoms with E-state index in [1.54, 1.807) is 10.9 Å². The second kappa shape index (κ2) is 6.28. The van der Waals surface area contributed by atoms with Gasteiger partial charge >= 0.3 is 5.69 Å². The molecule has 1 aliphatic heterocycles. The van der Waals surface area contributed by atoms with Gasteiger partial charge < -0.3 is 9.72 Å². The molecule has 0 spiro atoms. The molecule has 0 bridgehead atoms. The average Bonchev–Trinajstić information content (AvgIpc) is 3.32. The smallest absolute Gasteiger partial charge is 0.330 e. The van der Waals surface area contributed by atoms with E-state index in [9.17, 15) is 9.59 Å². The Bertz CT molecular complexity index is 1010. The van der Waals surface area contributed by atoms with Gasteiger partial charge in [0.1, 0.15) is 11.2 Å². The number of hydrogen-bond acceptors (Lipinski definition) is 6. The first-order valence-electron chi connectivity index (χ1n) is 8.36. The molecular formula is C15H19N7O3. The minimum Gasteiger partial charge on any atom is -0.381 e. The molecule has 3 aromatic heterocycles. The molecule has 0 aromatic carbocycles. The molecule has 1 aliphatic rings. The summed E-state index contributed by atoms with van der Waals surface area (Å²) in [5, 5.41) is 8.25. The third-order valence-corrected chi connectivity index (χ3v) is 4.33. The van der Waals surface area contributed by atoms with Crippen molar-refractivity contribution in [3.8, 4) is 11.5 Å². The summed E-state index contributed by atoms with van der Waals surface area (Å²) in [4.78, 5) is 33.7. The molecule has 0 amide bonds. The van der Waals surface area contributed by atoms with Gasteiger partial charge in [0.25, 0.3) is 5.56 Å². The first kappa shape index (κ1) is 15.8. The van der Waals surface area contributed by atoms with E-state index in [0.29, 0.717) is 29.6 Å². The zero-order valence-electron chi connectivity index (χ0n) is 13.9. The first-order chi connectivity index (χ1) is 12.2. The van der Waals surface area contributed by atoms with Gasteiger partial charge in [-0.3, -0.25) is 19.0 Å². The van der Waals surface area contributed by atoms with Gasteiger partial charge in [-0.15, -0.1) is 5.10 Å². The normalized spacial score (nSPS) is 17.6. The van der Waals surface area contributed by atoms with Crippen molar-refractivity contribution < 1.29 is 4.74 Å². The Labute approximate surface area is 141 Å². The largest absolute Gasteiger partial charge is 0.381 e. The number of H-pyrrole nitrogens is 2. The Hall–Kier alpha value is -2.75. The molecular weight excluding hydrogens is 326 g/mol. The van der Waals surface area contributed by atoms with Crippen molar-refractivity contribution in [2.75, 3.05) is 13.2 Å². The third-order valence-electron chi connectivity index (χ3n) is 4.33. The average molecular weight is 345 g/mol. The Balaban J connectivity index is 1.71. The molecule has 2 N–H and O–H groups in total. The number of fused-ring (bicyclic) bond motifs is 1. The lowest BCUT2D eigenvalue weighted by Gasteiger charge is -2.05. The zero-order valence-corrected chi connectivity index (χ0v) is 13.9. The number of rotatable bonds is 5. The summed E-state index contributed by atoms with van der Waals surface area (Å²) in [6, 6.07) is 0. The van der Waals surface area contributed by atoms with E-state index in [0.717, 1.165) is 32.6 Å². The highest BCUT2D eigenvalue weighted by Crippen LogP contribution is 2.18. The standard InChI is InChI=1S/C15H19N7O3/c1-2-4-22-13-11(14(23)18-15(22)24)16-12(17-13)10-7-21(20-19-10)6-9-3-5-25-8-9/h7,9H,2-6,8H2,1H3,(H,16,17)(H,18,23,24). The molecule has 10 heteroatoms. The molecule has 1 unspecified atom stereocenters. The predicted molar refractivity (Wildman–Crippen MR) is 89.2 cm³/mol. The van der Waals surface area contributed by atoms with Crippen LogP contribution in [0.2, 0.25) is 0 Å². The molecule has 1 saturated heterocycles. The van der Waals surface area contributed by atoms with Crippen LogP contribution in [-0.2, 0) is 17.8 Å². The van der Waals surface area contributed by atoms with E-state index in [2.05, 4.69) is 25.3 Å². The van der Waals surface area contributed by atoms with E-state index in [-0.39, 0.29) is 5.52 Å². The van der Waals surface area contributed by atoms with E-state index >= 15 is 0 Å². The molecule has 4 heterocycles. The van der Waals surface area contributed by atoms with Crippen LogP contribution in [0, 0.1) is 5.92 Å². The van der Waals surface area contributed by atoms with Gasteiger partial charge in [0, 0.05) is 25.6 Å². The fourth-order valence-electron chi connectivity index (χ4n) is 3.08. The fourth-order valence-corrected chi connectivity index (χ4v) is 3.08. The number of aromatic nitrogens is 7. The fraction of sp³-hybridized carbons (Fsp3) is 0.533. The summed E-state index contributed by atoms with van der Waals surface area (Å²) < 4.78 is 8.58. The van der Waals surface area contributed by atoms with Crippen molar-refractivity contribution >= 4 is 11.2 Å². The zero-order chi connectivity index (χ0) is 17.4. The monoisotopic (exact) mass is 345 g/mol. The van der Waals surface area contributed by atoms with E-state index in [4.69, 9.17) is 4.74 Å². The van der Waals surface area contributed by atoms with Crippen LogP contribution in [0.3, 0.4) is 0 Å². The topological polar surface area (TPSA) is 123 Å². The molecule has 132 valence electrons. The summed E-state index contributed by atoms with van der Waals surface area (Å²) in [5.74, 6) is 0.854. The van der Waals surface area contributed by atoms with Crippen LogP contribution < -0.4 is 11.2 Å². The predicted octanol–water partition coefficient (Wildman–Crippen LogP) is 0.118. The van der Waals surface area contributed by atoms with Gasteiger partial charge in [-0.1, -0.05) is 12.1 Å². The Morgan fingerprint density at radius 1 is 1.36 bits per heavy atom. The maximum absolute atomic E-state index is 12.0. The van der Waals surface area contributed by atoms with Crippen LogP contribution in [0.5, 0.6) is 0 Å². The Morgan fingerprint density at radius 2 is 2.24 bits per heavy atom. The Kier molecular flexibility index (Phi) is 3.96. The quantitative estimate of drug-likeness (QED) is 0.677. The number of ether oxygens (including phenoxy) is 1. The van der Waals surface area contributed by atoms with Crippen molar-refractivity contribution in [1.29, 1.82) is 0 Å². The van der Waals surface area contributed by atoms with Crippen LogP contribution >= 0.6 is 0 Å². The van der Waals surface area contributed by atoms with Gasteiger partial charge in [0.2, 0.25) is 0 Å². The van der Waals surface area contributed by atoms with Crippen molar-refractivity contribution in [3.05, 3.63) is 27.0 Å². The van der Waals surface area contributed by atoms with Crippen molar-refractivity contribution in [2.45, 2.75) is 32.9 Å². The summed E-state index contributed by atoms with van der Waals surface area (Å²) >= 11 is 0. The summed E-state index contributed by atoms with van der Waals surface area (Å²) in [5.41, 5.74) is 0.194. The maximum atomic E-state index is 12.0.